The highest BCUT2D eigenvalue weighted by atomic mass is 16.6. The number of hydrogen-bond donors (Lipinski definition) is 0. The topological polar surface area (TPSA) is 29.6 Å². The van der Waals surface area contributed by atoms with Gasteiger partial charge in [-0.15, -0.1) is 0 Å². The summed E-state index contributed by atoms with van der Waals surface area (Å²) in [5, 5.41) is 0. The van der Waals surface area contributed by atoms with Gasteiger partial charge >= 0.3 is 0 Å². The minimum Gasteiger partial charge on any atom is -0.361 e. The van der Waals surface area contributed by atoms with Gasteiger partial charge in [-0.1, -0.05) is 26.7 Å². The molecule has 1 heterocycles. The van der Waals surface area contributed by atoms with Gasteiger partial charge in [-0.25, -0.2) is 0 Å². The Morgan fingerprint density at radius 3 is 2.76 bits per heavy atom. The molecule has 0 amide bonds. The molecule has 0 N–H and O–H groups in total. The van der Waals surface area contributed by atoms with Crippen LogP contribution in [-0.2, 0) is 9.53 Å². The van der Waals surface area contributed by atoms with E-state index in [2.05, 4.69) is 13.8 Å². The summed E-state index contributed by atoms with van der Waals surface area (Å²) >= 11 is 0. The zero-order valence-corrected chi connectivity index (χ0v) is 13.4. The van der Waals surface area contributed by atoms with Crippen molar-refractivity contribution in [3.05, 3.63) is 0 Å². The molecule has 5 aliphatic rings. The van der Waals surface area contributed by atoms with Crippen molar-refractivity contribution in [1.29, 1.82) is 0 Å². The molecule has 116 valence electrons. The third-order valence-corrected chi connectivity index (χ3v) is 8.54. The third-order valence-electron chi connectivity index (χ3n) is 8.54. The molecule has 0 spiro atoms. The summed E-state index contributed by atoms with van der Waals surface area (Å²) < 4.78 is 5.77. The average molecular weight is 288 g/mol. The third kappa shape index (κ3) is 1.46. The monoisotopic (exact) mass is 288 g/mol. The molecule has 0 aromatic carbocycles. The van der Waals surface area contributed by atoms with Crippen LogP contribution in [-0.4, -0.2) is 18.0 Å². The molecule has 1 saturated heterocycles. The average Bonchev–Trinajstić information content (AvgIpc) is 3.21. The summed E-state index contributed by atoms with van der Waals surface area (Å²) in [5.41, 5.74) is 0.533. The minimum atomic E-state index is -0.0351. The van der Waals surface area contributed by atoms with Crippen LogP contribution in [0.15, 0.2) is 0 Å². The van der Waals surface area contributed by atoms with Gasteiger partial charge in [0.25, 0.3) is 0 Å². The highest BCUT2D eigenvalue weighted by molar-refractivity contribution is 5.94. The van der Waals surface area contributed by atoms with E-state index in [1.165, 1.54) is 44.9 Å². The van der Waals surface area contributed by atoms with Crippen molar-refractivity contribution < 1.29 is 9.53 Å². The van der Waals surface area contributed by atoms with Crippen molar-refractivity contribution in [3.63, 3.8) is 0 Å². The van der Waals surface area contributed by atoms with Gasteiger partial charge in [-0.2, -0.15) is 0 Å². The molecule has 5 fully saturated rings. The number of ether oxygens (including phenoxy) is 1. The Kier molecular flexibility index (Phi) is 2.45. The van der Waals surface area contributed by atoms with Gasteiger partial charge in [0.1, 0.15) is 6.10 Å². The molecule has 0 unspecified atom stereocenters. The van der Waals surface area contributed by atoms with Gasteiger partial charge in [0, 0.05) is 11.3 Å². The number of carbonyl (C=O) groups excluding carboxylic acids is 1. The van der Waals surface area contributed by atoms with E-state index >= 15 is 0 Å². The molecule has 0 radical (unpaired) electrons. The standard InChI is InChI=1S/C19H28O2/c1-18-9-4-3-5-11(18)6-7-12-13(18)8-10-19(2)14(12)15-16(21-15)17(19)20/h11-16H,3-10H2,1-2H3/t11-,12-,13+,14-,15-,16-,18+,19-/m1/s1. The van der Waals surface area contributed by atoms with Crippen LogP contribution in [0, 0.1) is 34.5 Å². The first-order valence-corrected chi connectivity index (χ1v) is 9.25. The van der Waals surface area contributed by atoms with Gasteiger partial charge in [-0.3, -0.25) is 4.79 Å². The predicted octanol–water partition coefficient (Wildman–Crippen LogP) is 3.98. The molecule has 2 nitrogen and oxygen atoms in total. The van der Waals surface area contributed by atoms with Gasteiger partial charge in [0.15, 0.2) is 5.78 Å². The Morgan fingerprint density at radius 1 is 1.05 bits per heavy atom. The molecule has 4 saturated carbocycles. The van der Waals surface area contributed by atoms with Gasteiger partial charge in [0.2, 0.25) is 0 Å². The van der Waals surface area contributed by atoms with E-state index in [0.29, 0.717) is 23.2 Å². The Labute approximate surface area is 128 Å². The van der Waals surface area contributed by atoms with E-state index < -0.39 is 0 Å². The maximum atomic E-state index is 12.6. The Bertz CT molecular complexity index is 500. The summed E-state index contributed by atoms with van der Waals surface area (Å²) in [6.45, 7) is 4.86. The lowest BCUT2D eigenvalue weighted by atomic mass is 9.45. The Morgan fingerprint density at radius 2 is 1.90 bits per heavy atom. The van der Waals surface area contributed by atoms with Gasteiger partial charge < -0.3 is 4.74 Å². The number of carbonyl (C=O) groups is 1. The van der Waals surface area contributed by atoms with Crippen molar-refractivity contribution >= 4 is 5.78 Å². The maximum absolute atomic E-state index is 12.6. The molecule has 0 aromatic rings. The first-order valence-electron chi connectivity index (χ1n) is 9.25. The number of fused-ring (bicyclic) bond motifs is 7. The van der Waals surface area contributed by atoms with Gasteiger partial charge in [0.05, 0.1) is 6.10 Å². The number of hydrogen-bond acceptors (Lipinski definition) is 2. The molecule has 4 aliphatic carbocycles. The summed E-state index contributed by atoms with van der Waals surface area (Å²) in [6, 6.07) is 0. The minimum absolute atomic E-state index is 0.00404. The highest BCUT2D eigenvalue weighted by Gasteiger charge is 2.72. The molecule has 21 heavy (non-hydrogen) atoms. The van der Waals surface area contributed by atoms with Crippen LogP contribution in [0.1, 0.15) is 65.2 Å². The van der Waals surface area contributed by atoms with E-state index in [1.54, 1.807) is 0 Å². The van der Waals surface area contributed by atoms with Crippen LogP contribution in [0.5, 0.6) is 0 Å². The van der Waals surface area contributed by atoms with Crippen molar-refractivity contribution in [3.8, 4) is 0 Å². The SMILES string of the molecule is C[C@]12CCCC[C@@H]1CC[C@H]1[C@@H]3[C@H]4O[C@H]4C(=O)[C@]3(C)CC[C@@H]12. The van der Waals surface area contributed by atoms with Crippen molar-refractivity contribution in [2.24, 2.45) is 34.5 Å². The van der Waals surface area contributed by atoms with Gasteiger partial charge in [-0.05, 0) is 61.7 Å². The first-order chi connectivity index (χ1) is 10.1. The zero-order chi connectivity index (χ0) is 14.4. The number of epoxide rings is 1. The molecule has 5 rings (SSSR count). The lowest BCUT2D eigenvalue weighted by Crippen LogP contribution is -2.54. The number of rotatable bonds is 0. The Hall–Kier alpha value is -0.370. The van der Waals surface area contributed by atoms with E-state index in [4.69, 9.17) is 4.74 Å². The number of ketones is 1. The van der Waals surface area contributed by atoms with Crippen LogP contribution in [0.25, 0.3) is 0 Å². The fraction of sp³-hybridized carbons (Fsp3) is 0.947. The Balaban J connectivity index is 1.52. The molecule has 8 atom stereocenters. The van der Waals surface area contributed by atoms with E-state index in [-0.39, 0.29) is 11.5 Å². The largest absolute Gasteiger partial charge is 0.361 e. The second kappa shape index (κ2) is 3.93. The smallest absolute Gasteiger partial charge is 0.170 e. The second-order valence-corrected chi connectivity index (χ2v) is 9.16. The van der Waals surface area contributed by atoms with Crippen LogP contribution in [0.4, 0.5) is 0 Å². The summed E-state index contributed by atoms with van der Waals surface area (Å²) in [7, 11) is 0. The van der Waals surface area contributed by atoms with Crippen LogP contribution < -0.4 is 0 Å². The van der Waals surface area contributed by atoms with Crippen LogP contribution >= 0.6 is 0 Å². The fourth-order valence-corrected chi connectivity index (χ4v) is 7.37. The van der Waals surface area contributed by atoms with E-state index in [0.717, 1.165) is 24.2 Å². The lowest BCUT2D eigenvalue weighted by molar-refractivity contribution is -0.149. The highest BCUT2D eigenvalue weighted by Crippen LogP contribution is 2.68. The zero-order valence-electron chi connectivity index (χ0n) is 13.4. The van der Waals surface area contributed by atoms with E-state index in [9.17, 15) is 4.79 Å². The second-order valence-electron chi connectivity index (χ2n) is 9.16. The summed E-state index contributed by atoms with van der Waals surface area (Å²) in [6.07, 6.45) is 11.3. The fourth-order valence-electron chi connectivity index (χ4n) is 7.37. The van der Waals surface area contributed by atoms with E-state index in [1.807, 2.05) is 0 Å². The molecular formula is C19H28O2. The normalized spacial score (nSPS) is 61.5. The summed E-state index contributed by atoms with van der Waals surface area (Å²) in [5.74, 6) is 3.60. The van der Waals surface area contributed by atoms with Crippen LogP contribution in [0.2, 0.25) is 0 Å². The predicted molar refractivity (Wildman–Crippen MR) is 80.8 cm³/mol. The molecule has 2 heteroatoms. The molecule has 0 bridgehead atoms. The lowest BCUT2D eigenvalue weighted by Gasteiger charge is -2.59. The molecule has 0 aromatic heterocycles. The van der Waals surface area contributed by atoms with Crippen molar-refractivity contribution in [1.82, 2.24) is 0 Å². The first kappa shape index (κ1) is 13.1. The van der Waals surface area contributed by atoms with Crippen molar-refractivity contribution in [2.45, 2.75) is 77.4 Å². The van der Waals surface area contributed by atoms with Crippen molar-refractivity contribution in [2.75, 3.05) is 0 Å². The number of Topliss-reactive ketones (excluding diaryl/α,β-unsaturated/α-hetero) is 1. The van der Waals surface area contributed by atoms with Crippen LogP contribution in [0.3, 0.4) is 0 Å². The maximum Gasteiger partial charge on any atom is 0.170 e. The summed E-state index contributed by atoms with van der Waals surface area (Å²) in [4.78, 5) is 12.6. The molecule has 1 aliphatic heterocycles. The quantitative estimate of drug-likeness (QED) is 0.631. The molecular weight excluding hydrogens is 260 g/mol.